The highest BCUT2D eigenvalue weighted by Gasteiger charge is 2.33. The number of halogens is 2. The zero-order valence-electron chi connectivity index (χ0n) is 22.6. The first-order chi connectivity index (χ1) is 18.3. The van der Waals surface area contributed by atoms with Crippen molar-refractivity contribution >= 4 is 50.7 Å². The molecule has 0 bridgehead atoms. The Hall–Kier alpha value is -3.07. The lowest BCUT2D eigenvalue weighted by Crippen LogP contribution is -2.52. The molecule has 0 spiro atoms. The predicted molar refractivity (Wildman–Crippen MR) is 157 cm³/mol. The van der Waals surface area contributed by atoms with Gasteiger partial charge in [0.25, 0.3) is 10.0 Å². The van der Waals surface area contributed by atoms with Gasteiger partial charge in [-0.15, -0.1) is 0 Å². The van der Waals surface area contributed by atoms with Crippen LogP contribution in [0.4, 0.5) is 5.69 Å². The maximum Gasteiger partial charge on any atom is 0.264 e. The topological polar surface area (TPSA) is 86.8 Å². The average molecular weight is 591 g/mol. The van der Waals surface area contributed by atoms with Gasteiger partial charge in [0.1, 0.15) is 12.6 Å². The number of hydrogen-bond acceptors (Lipinski definition) is 4. The molecule has 0 aliphatic heterocycles. The van der Waals surface area contributed by atoms with Crippen LogP contribution in [0.15, 0.2) is 71.6 Å². The van der Waals surface area contributed by atoms with Crippen LogP contribution in [0, 0.1) is 13.8 Å². The van der Waals surface area contributed by atoms with Crippen LogP contribution in [-0.4, -0.2) is 43.8 Å². The number of amides is 2. The number of carbonyl (C=O) groups excluding carboxylic acids is 2. The van der Waals surface area contributed by atoms with Crippen molar-refractivity contribution in [3.8, 4) is 0 Å². The molecule has 1 N–H and O–H groups in total. The number of anilines is 1. The van der Waals surface area contributed by atoms with E-state index in [9.17, 15) is 18.0 Å². The SMILES string of the molecule is Cc1cccc(N(CC(=O)N(Cc2ccc(Cl)c(Cl)c2)[C@@H](C)C(=O)NC(C)C)S(=O)(=O)c2ccccc2)c1C. The molecule has 3 aromatic carbocycles. The summed E-state index contributed by atoms with van der Waals surface area (Å²) >= 11 is 12.3. The Balaban J connectivity index is 2.08. The van der Waals surface area contributed by atoms with Crippen LogP contribution in [0.1, 0.15) is 37.5 Å². The number of nitrogens with zero attached hydrogens (tertiary/aromatic N) is 2. The fraction of sp³-hybridized carbons (Fsp3) is 0.310. The fourth-order valence-corrected chi connectivity index (χ4v) is 5.87. The van der Waals surface area contributed by atoms with Gasteiger partial charge in [0.15, 0.2) is 0 Å². The highest BCUT2D eigenvalue weighted by Crippen LogP contribution is 2.29. The standard InChI is InChI=1S/C29H33Cl2N3O4S/c1-19(2)32-29(36)22(5)33(17-23-14-15-25(30)26(31)16-23)28(35)18-34(27-13-9-10-20(3)21(27)4)39(37,38)24-11-7-6-8-12-24/h6-16,19,22H,17-18H2,1-5H3,(H,32,36)/t22-/m0/s1. The second-order valence-corrected chi connectivity index (χ2v) is 12.3. The molecule has 3 rings (SSSR count). The van der Waals surface area contributed by atoms with Gasteiger partial charge in [-0.1, -0.05) is 59.6 Å². The third-order valence-corrected chi connectivity index (χ3v) is 8.90. The molecule has 208 valence electrons. The molecule has 7 nitrogen and oxygen atoms in total. The van der Waals surface area contributed by atoms with Crippen molar-refractivity contribution in [1.29, 1.82) is 0 Å². The molecule has 39 heavy (non-hydrogen) atoms. The van der Waals surface area contributed by atoms with Crippen molar-refractivity contribution in [3.05, 3.63) is 93.5 Å². The lowest BCUT2D eigenvalue weighted by molar-refractivity contribution is -0.139. The molecule has 0 saturated carbocycles. The van der Waals surface area contributed by atoms with E-state index >= 15 is 0 Å². The Bertz CT molecular complexity index is 1450. The number of rotatable bonds is 10. The number of benzene rings is 3. The van der Waals surface area contributed by atoms with Crippen molar-refractivity contribution in [1.82, 2.24) is 10.2 Å². The fourth-order valence-electron chi connectivity index (χ4n) is 4.06. The third kappa shape index (κ3) is 7.32. The second kappa shape index (κ2) is 12.9. The molecule has 0 unspecified atom stereocenters. The van der Waals surface area contributed by atoms with E-state index in [1.807, 2.05) is 33.8 Å². The molecule has 10 heteroatoms. The molecule has 0 saturated heterocycles. The Kier molecular flexibility index (Phi) is 10.0. The van der Waals surface area contributed by atoms with Gasteiger partial charge in [-0.2, -0.15) is 0 Å². The smallest absolute Gasteiger partial charge is 0.264 e. The summed E-state index contributed by atoms with van der Waals surface area (Å²) in [7, 11) is -4.13. The van der Waals surface area contributed by atoms with Gasteiger partial charge >= 0.3 is 0 Å². The Morgan fingerprint density at radius 2 is 1.56 bits per heavy atom. The largest absolute Gasteiger partial charge is 0.352 e. The van der Waals surface area contributed by atoms with Gasteiger partial charge in [-0.05, 0) is 81.6 Å². The van der Waals surface area contributed by atoms with Crippen LogP contribution in [0.25, 0.3) is 0 Å². The Morgan fingerprint density at radius 3 is 2.18 bits per heavy atom. The van der Waals surface area contributed by atoms with E-state index in [0.717, 1.165) is 15.4 Å². The van der Waals surface area contributed by atoms with E-state index < -0.39 is 28.5 Å². The Labute approximate surface area is 240 Å². The lowest BCUT2D eigenvalue weighted by Gasteiger charge is -2.33. The van der Waals surface area contributed by atoms with Crippen molar-refractivity contribution < 1.29 is 18.0 Å². The van der Waals surface area contributed by atoms with E-state index in [4.69, 9.17) is 23.2 Å². The minimum atomic E-state index is -4.13. The molecule has 0 radical (unpaired) electrons. The Morgan fingerprint density at radius 1 is 0.897 bits per heavy atom. The first-order valence-electron chi connectivity index (χ1n) is 12.5. The summed E-state index contributed by atoms with van der Waals surface area (Å²) < 4.78 is 28.9. The van der Waals surface area contributed by atoms with Crippen molar-refractivity contribution in [2.24, 2.45) is 0 Å². The molecule has 0 aromatic heterocycles. The summed E-state index contributed by atoms with van der Waals surface area (Å²) in [5, 5.41) is 3.50. The van der Waals surface area contributed by atoms with E-state index in [2.05, 4.69) is 5.32 Å². The molecule has 0 aliphatic carbocycles. The molecule has 1 atom stereocenters. The number of aryl methyl sites for hydroxylation is 1. The number of sulfonamides is 1. The van der Waals surface area contributed by atoms with Gasteiger partial charge < -0.3 is 10.2 Å². The van der Waals surface area contributed by atoms with Gasteiger partial charge in [0.05, 0.1) is 20.6 Å². The van der Waals surface area contributed by atoms with E-state index in [1.165, 1.54) is 17.0 Å². The highest BCUT2D eigenvalue weighted by atomic mass is 35.5. The van der Waals surface area contributed by atoms with Crippen molar-refractivity contribution in [2.45, 2.75) is 58.1 Å². The number of carbonyl (C=O) groups is 2. The number of hydrogen-bond donors (Lipinski definition) is 1. The zero-order chi connectivity index (χ0) is 28.9. The third-order valence-electron chi connectivity index (χ3n) is 6.39. The maximum atomic E-state index is 14.0. The molecular weight excluding hydrogens is 557 g/mol. The molecular formula is C29H33Cl2N3O4S. The monoisotopic (exact) mass is 589 g/mol. The summed E-state index contributed by atoms with van der Waals surface area (Å²) in [6, 6.07) is 17.2. The minimum Gasteiger partial charge on any atom is -0.352 e. The van der Waals surface area contributed by atoms with E-state index in [-0.39, 0.29) is 23.4 Å². The predicted octanol–water partition coefficient (Wildman–Crippen LogP) is 5.75. The molecule has 3 aromatic rings. The van der Waals surface area contributed by atoms with Crippen LogP contribution >= 0.6 is 23.2 Å². The van der Waals surface area contributed by atoms with Crippen LogP contribution in [-0.2, 0) is 26.2 Å². The van der Waals surface area contributed by atoms with Gasteiger partial charge in [0, 0.05) is 12.6 Å². The van der Waals surface area contributed by atoms with Crippen molar-refractivity contribution in [2.75, 3.05) is 10.8 Å². The second-order valence-electron chi connectivity index (χ2n) is 9.65. The first-order valence-corrected chi connectivity index (χ1v) is 14.7. The quantitative estimate of drug-likeness (QED) is 0.326. The maximum absolute atomic E-state index is 14.0. The minimum absolute atomic E-state index is 0.0223. The number of nitrogens with one attached hydrogen (secondary N) is 1. The summed E-state index contributed by atoms with van der Waals surface area (Å²) in [6.45, 7) is 8.46. The molecule has 0 fully saturated rings. The van der Waals surface area contributed by atoms with Crippen molar-refractivity contribution in [3.63, 3.8) is 0 Å². The van der Waals surface area contributed by atoms with E-state index in [0.29, 0.717) is 21.3 Å². The van der Waals surface area contributed by atoms with Crippen LogP contribution in [0.2, 0.25) is 10.0 Å². The van der Waals surface area contributed by atoms with Crippen LogP contribution in [0.3, 0.4) is 0 Å². The summed E-state index contributed by atoms with van der Waals surface area (Å²) in [4.78, 5) is 28.4. The van der Waals surface area contributed by atoms with Crippen LogP contribution in [0.5, 0.6) is 0 Å². The van der Waals surface area contributed by atoms with E-state index in [1.54, 1.807) is 55.5 Å². The lowest BCUT2D eigenvalue weighted by atomic mass is 10.1. The van der Waals surface area contributed by atoms with Gasteiger partial charge in [-0.25, -0.2) is 8.42 Å². The van der Waals surface area contributed by atoms with Gasteiger partial charge in [0.2, 0.25) is 11.8 Å². The normalized spacial score (nSPS) is 12.2. The molecule has 2 amide bonds. The molecule has 0 aliphatic rings. The molecule has 0 heterocycles. The highest BCUT2D eigenvalue weighted by molar-refractivity contribution is 7.92. The summed E-state index contributed by atoms with van der Waals surface area (Å²) in [6.07, 6.45) is 0. The summed E-state index contributed by atoms with van der Waals surface area (Å²) in [5.74, 6) is -0.907. The first kappa shape index (κ1) is 30.5. The zero-order valence-corrected chi connectivity index (χ0v) is 24.9. The van der Waals surface area contributed by atoms with Gasteiger partial charge in [-0.3, -0.25) is 13.9 Å². The summed E-state index contributed by atoms with van der Waals surface area (Å²) in [5.41, 5.74) is 2.64. The van der Waals surface area contributed by atoms with Crippen LogP contribution < -0.4 is 9.62 Å². The average Bonchev–Trinajstić information content (AvgIpc) is 2.89.